The molecule has 3 rings (SSSR count). The quantitative estimate of drug-likeness (QED) is 0.761. The van der Waals surface area contributed by atoms with E-state index in [9.17, 15) is 4.79 Å². The van der Waals surface area contributed by atoms with Crippen molar-refractivity contribution in [3.05, 3.63) is 53.9 Å². The Morgan fingerprint density at radius 3 is 2.68 bits per heavy atom. The maximum atomic E-state index is 11.1. The summed E-state index contributed by atoms with van der Waals surface area (Å²) in [6, 6.07) is 11.6. The highest BCUT2D eigenvalue weighted by atomic mass is 16.4. The molecule has 0 saturated heterocycles. The average Bonchev–Trinajstić information content (AvgIpc) is 2.82. The smallest absolute Gasteiger partial charge is 0.341 e. The van der Waals surface area contributed by atoms with Gasteiger partial charge in [-0.25, -0.2) is 14.3 Å². The summed E-state index contributed by atoms with van der Waals surface area (Å²) in [5.41, 5.74) is 3.04. The van der Waals surface area contributed by atoms with Crippen LogP contribution >= 0.6 is 0 Å². The van der Waals surface area contributed by atoms with Crippen molar-refractivity contribution in [1.29, 1.82) is 0 Å². The van der Waals surface area contributed by atoms with Gasteiger partial charge >= 0.3 is 5.97 Å². The molecule has 0 bridgehead atoms. The molecule has 1 aromatic carbocycles. The van der Waals surface area contributed by atoms with Crippen LogP contribution in [0.4, 0.5) is 0 Å². The topological polar surface area (TPSA) is 67.5 Å². The molecule has 0 atom stereocenters. The van der Waals surface area contributed by atoms with Crippen molar-refractivity contribution in [2.45, 2.75) is 6.92 Å². The lowest BCUT2D eigenvalue weighted by Gasteiger charge is -2.06. The van der Waals surface area contributed by atoms with Crippen molar-refractivity contribution in [1.82, 2.24) is 14.6 Å². The highest BCUT2D eigenvalue weighted by Gasteiger charge is 2.15. The fraction of sp³-hybridized carbons (Fsp3) is 0.0714. The fourth-order valence-electron chi connectivity index (χ4n) is 2.05. The zero-order valence-corrected chi connectivity index (χ0v) is 10.2. The van der Waals surface area contributed by atoms with Crippen molar-refractivity contribution in [2.75, 3.05) is 0 Å². The van der Waals surface area contributed by atoms with Gasteiger partial charge in [-0.05, 0) is 13.0 Å². The van der Waals surface area contributed by atoms with Crippen LogP contribution in [0, 0.1) is 6.92 Å². The second-order valence-corrected chi connectivity index (χ2v) is 4.25. The fourth-order valence-corrected chi connectivity index (χ4v) is 2.05. The monoisotopic (exact) mass is 253 g/mol. The third-order valence-electron chi connectivity index (χ3n) is 2.90. The molecule has 0 fully saturated rings. The van der Waals surface area contributed by atoms with Crippen LogP contribution in [0.5, 0.6) is 0 Å². The molecular weight excluding hydrogens is 242 g/mol. The van der Waals surface area contributed by atoms with E-state index < -0.39 is 5.97 Å². The highest BCUT2D eigenvalue weighted by molar-refractivity contribution is 5.94. The van der Waals surface area contributed by atoms with Crippen molar-refractivity contribution in [3.63, 3.8) is 0 Å². The minimum Gasteiger partial charge on any atom is -0.477 e. The number of aryl methyl sites for hydroxylation is 1. The number of benzene rings is 1. The Kier molecular flexibility index (Phi) is 2.52. The third-order valence-corrected chi connectivity index (χ3v) is 2.90. The molecule has 0 aliphatic heterocycles. The van der Waals surface area contributed by atoms with Crippen molar-refractivity contribution >= 4 is 11.6 Å². The van der Waals surface area contributed by atoms with E-state index in [1.165, 1.54) is 6.20 Å². The van der Waals surface area contributed by atoms with Gasteiger partial charge in [0, 0.05) is 11.3 Å². The summed E-state index contributed by atoms with van der Waals surface area (Å²) in [5.74, 6) is -1.02. The van der Waals surface area contributed by atoms with Crippen LogP contribution in [0.3, 0.4) is 0 Å². The Balaban J connectivity index is 2.34. The second-order valence-electron chi connectivity index (χ2n) is 4.25. The summed E-state index contributed by atoms with van der Waals surface area (Å²) in [6.07, 6.45) is 1.33. The molecule has 3 aromatic rings. The molecule has 0 amide bonds. The molecule has 0 aliphatic rings. The average molecular weight is 253 g/mol. The van der Waals surface area contributed by atoms with E-state index in [1.807, 2.05) is 43.3 Å². The Morgan fingerprint density at radius 1 is 1.26 bits per heavy atom. The summed E-state index contributed by atoms with van der Waals surface area (Å²) in [5, 5.41) is 13.3. The van der Waals surface area contributed by atoms with Gasteiger partial charge in [0.05, 0.1) is 11.9 Å². The molecule has 0 saturated carbocycles. The number of carboxylic acid groups (broad SMARTS) is 1. The van der Waals surface area contributed by atoms with Gasteiger partial charge in [-0.3, -0.25) is 0 Å². The Morgan fingerprint density at radius 2 is 2.00 bits per heavy atom. The molecule has 0 unspecified atom stereocenters. The SMILES string of the molecule is Cc1cc(-c2ccccc2)n2ncc(C(=O)O)c2n1. The molecule has 5 heteroatoms. The summed E-state index contributed by atoms with van der Waals surface area (Å²) in [4.78, 5) is 15.4. The number of carbonyl (C=O) groups is 1. The lowest BCUT2D eigenvalue weighted by Crippen LogP contribution is -2.01. The molecule has 0 spiro atoms. The number of hydrogen-bond acceptors (Lipinski definition) is 3. The number of carboxylic acids is 1. The number of rotatable bonds is 2. The molecule has 2 aromatic heterocycles. The summed E-state index contributed by atoms with van der Waals surface area (Å²) < 4.78 is 1.56. The highest BCUT2D eigenvalue weighted by Crippen LogP contribution is 2.22. The van der Waals surface area contributed by atoms with Crippen LogP contribution in [0.15, 0.2) is 42.6 Å². The lowest BCUT2D eigenvalue weighted by molar-refractivity contribution is 0.0699. The number of hydrogen-bond donors (Lipinski definition) is 1. The number of aromatic carboxylic acids is 1. The standard InChI is InChI=1S/C14H11N3O2/c1-9-7-12(10-5-3-2-4-6-10)17-13(16-9)11(8-15-17)14(18)19/h2-8H,1H3,(H,18,19). The Labute approximate surface area is 109 Å². The minimum absolute atomic E-state index is 0.112. The molecule has 94 valence electrons. The van der Waals surface area contributed by atoms with Gasteiger partial charge in [0.1, 0.15) is 5.56 Å². The van der Waals surface area contributed by atoms with E-state index in [2.05, 4.69) is 10.1 Å². The molecular formula is C14H11N3O2. The van der Waals surface area contributed by atoms with E-state index >= 15 is 0 Å². The van der Waals surface area contributed by atoms with Gasteiger partial charge in [0.2, 0.25) is 0 Å². The summed E-state index contributed by atoms with van der Waals surface area (Å²) in [6.45, 7) is 1.84. The zero-order valence-electron chi connectivity index (χ0n) is 10.2. The van der Waals surface area contributed by atoms with E-state index in [1.54, 1.807) is 4.52 Å². The van der Waals surface area contributed by atoms with Crippen molar-refractivity contribution in [3.8, 4) is 11.3 Å². The van der Waals surface area contributed by atoms with Crippen LogP contribution in [0.1, 0.15) is 16.1 Å². The van der Waals surface area contributed by atoms with Crippen LogP contribution in [-0.2, 0) is 0 Å². The first-order valence-electron chi connectivity index (χ1n) is 5.81. The van der Waals surface area contributed by atoms with E-state index in [-0.39, 0.29) is 5.56 Å². The molecule has 19 heavy (non-hydrogen) atoms. The largest absolute Gasteiger partial charge is 0.477 e. The van der Waals surface area contributed by atoms with Gasteiger partial charge in [0.25, 0.3) is 0 Å². The molecule has 1 N–H and O–H groups in total. The van der Waals surface area contributed by atoms with Crippen LogP contribution < -0.4 is 0 Å². The van der Waals surface area contributed by atoms with E-state index in [4.69, 9.17) is 5.11 Å². The third kappa shape index (κ3) is 1.85. The van der Waals surface area contributed by atoms with Gasteiger partial charge in [0.15, 0.2) is 5.65 Å². The maximum absolute atomic E-state index is 11.1. The molecule has 0 radical (unpaired) electrons. The van der Waals surface area contributed by atoms with Gasteiger partial charge < -0.3 is 5.11 Å². The predicted octanol–water partition coefficient (Wildman–Crippen LogP) is 2.40. The zero-order chi connectivity index (χ0) is 13.4. The van der Waals surface area contributed by atoms with Gasteiger partial charge in [-0.2, -0.15) is 5.10 Å². The predicted molar refractivity (Wildman–Crippen MR) is 70.1 cm³/mol. The van der Waals surface area contributed by atoms with Crippen molar-refractivity contribution < 1.29 is 9.90 Å². The molecule has 2 heterocycles. The van der Waals surface area contributed by atoms with Gasteiger partial charge in [-0.1, -0.05) is 30.3 Å². The van der Waals surface area contributed by atoms with Crippen LogP contribution in [0.25, 0.3) is 16.9 Å². The number of aromatic nitrogens is 3. The second kappa shape index (κ2) is 4.20. The first-order valence-corrected chi connectivity index (χ1v) is 5.81. The summed E-state index contributed by atoms with van der Waals surface area (Å²) in [7, 11) is 0. The Hall–Kier alpha value is -2.69. The minimum atomic E-state index is -1.02. The van der Waals surface area contributed by atoms with Crippen LogP contribution in [-0.4, -0.2) is 25.7 Å². The first-order chi connectivity index (χ1) is 9.16. The summed E-state index contributed by atoms with van der Waals surface area (Å²) >= 11 is 0. The van der Waals surface area contributed by atoms with Gasteiger partial charge in [-0.15, -0.1) is 0 Å². The normalized spacial score (nSPS) is 10.8. The van der Waals surface area contributed by atoms with Crippen molar-refractivity contribution in [2.24, 2.45) is 0 Å². The molecule has 0 aliphatic carbocycles. The maximum Gasteiger partial charge on any atom is 0.341 e. The number of fused-ring (bicyclic) bond motifs is 1. The van der Waals surface area contributed by atoms with Crippen LogP contribution in [0.2, 0.25) is 0 Å². The number of nitrogens with zero attached hydrogens (tertiary/aromatic N) is 3. The Bertz CT molecular complexity index is 763. The van der Waals surface area contributed by atoms with E-state index in [0.717, 1.165) is 17.0 Å². The molecule has 5 nitrogen and oxygen atoms in total. The lowest BCUT2D eigenvalue weighted by atomic mass is 10.1. The first kappa shape index (κ1) is 11.4. The van der Waals surface area contributed by atoms with E-state index in [0.29, 0.717) is 5.65 Å².